The Balaban J connectivity index is 2.29. The third-order valence-electron chi connectivity index (χ3n) is 2.84. The third-order valence-corrected chi connectivity index (χ3v) is 2.84. The van der Waals surface area contributed by atoms with Crippen LogP contribution in [0.1, 0.15) is 32.4 Å². The number of hydrogen-bond donors (Lipinski definition) is 1. The molecule has 0 saturated carbocycles. The molecular formula is C13H18O4. The second-order valence-corrected chi connectivity index (χ2v) is 4.69. The van der Waals surface area contributed by atoms with Crippen LogP contribution in [0.25, 0.3) is 0 Å². The Bertz CT molecular complexity index is 414. The molecule has 0 unspecified atom stereocenters. The summed E-state index contributed by atoms with van der Waals surface area (Å²) in [5.74, 6) is -0.0000494. The minimum absolute atomic E-state index is 0.0285. The maximum atomic E-state index is 9.55. The van der Waals surface area contributed by atoms with Crippen molar-refractivity contribution < 1.29 is 19.3 Å². The molecule has 0 amide bonds. The van der Waals surface area contributed by atoms with Crippen molar-refractivity contribution in [3.63, 3.8) is 0 Å². The summed E-state index contributed by atoms with van der Waals surface area (Å²) in [5.41, 5.74) is 0.942. The largest absolute Gasteiger partial charge is 0.504 e. The van der Waals surface area contributed by atoms with E-state index in [2.05, 4.69) is 0 Å². The van der Waals surface area contributed by atoms with E-state index in [-0.39, 0.29) is 18.0 Å². The summed E-state index contributed by atoms with van der Waals surface area (Å²) in [6, 6.07) is 5.21. The van der Waals surface area contributed by atoms with E-state index < -0.39 is 5.79 Å². The Morgan fingerprint density at radius 2 is 2.00 bits per heavy atom. The molecule has 0 spiro atoms. The van der Waals surface area contributed by atoms with Crippen molar-refractivity contribution in [3.8, 4) is 11.5 Å². The van der Waals surface area contributed by atoms with Crippen molar-refractivity contribution in [3.05, 3.63) is 23.8 Å². The van der Waals surface area contributed by atoms with Crippen LogP contribution in [0.15, 0.2) is 18.2 Å². The molecule has 1 fully saturated rings. The van der Waals surface area contributed by atoms with Gasteiger partial charge in [0.1, 0.15) is 6.10 Å². The van der Waals surface area contributed by atoms with Gasteiger partial charge in [0, 0.05) is 0 Å². The van der Waals surface area contributed by atoms with Crippen molar-refractivity contribution in [1.29, 1.82) is 0 Å². The van der Waals surface area contributed by atoms with Crippen LogP contribution in [-0.4, -0.2) is 24.1 Å². The van der Waals surface area contributed by atoms with Crippen LogP contribution in [0.3, 0.4) is 0 Å². The van der Waals surface area contributed by atoms with Crippen molar-refractivity contribution in [2.45, 2.75) is 38.8 Å². The minimum Gasteiger partial charge on any atom is -0.504 e. The fourth-order valence-electron chi connectivity index (χ4n) is 2.15. The molecule has 0 bridgehead atoms. The number of methoxy groups -OCH3 is 1. The first kappa shape index (κ1) is 12.2. The Labute approximate surface area is 101 Å². The van der Waals surface area contributed by atoms with Crippen LogP contribution in [-0.2, 0) is 9.47 Å². The highest BCUT2D eigenvalue weighted by atomic mass is 16.7. The van der Waals surface area contributed by atoms with Crippen LogP contribution in [0.4, 0.5) is 0 Å². The molecule has 0 aromatic heterocycles. The van der Waals surface area contributed by atoms with Gasteiger partial charge in [0.25, 0.3) is 0 Å². The molecule has 0 radical (unpaired) electrons. The van der Waals surface area contributed by atoms with Crippen LogP contribution >= 0.6 is 0 Å². The number of hydrogen-bond acceptors (Lipinski definition) is 4. The molecule has 94 valence electrons. The number of ether oxygens (including phenoxy) is 3. The molecule has 17 heavy (non-hydrogen) atoms. The van der Waals surface area contributed by atoms with Gasteiger partial charge in [-0.15, -0.1) is 0 Å². The van der Waals surface area contributed by atoms with E-state index >= 15 is 0 Å². The smallest absolute Gasteiger partial charge is 0.164 e. The summed E-state index contributed by atoms with van der Waals surface area (Å²) in [4.78, 5) is 0. The van der Waals surface area contributed by atoms with Crippen molar-refractivity contribution in [2.75, 3.05) is 7.11 Å². The molecule has 1 aromatic rings. The lowest BCUT2D eigenvalue weighted by Gasteiger charge is -2.17. The maximum absolute atomic E-state index is 9.55. The summed E-state index contributed by atoms with van der Waals surface area (Å²) in [7, 11) is 1.53. The SMILES string of the molecule is COc1cc([C@H]2OC(C)(C)O[C@H]2C)ccc1O. The summed E-state index contributed by atoms with van der Waals surface area (Å²) in [5, 5.41) is 9.55. The fourth-order valence-corrected chi connectivity index (χ4v) is 2.15. The molecule has 2 atom stereocenters. The second-order valence-electron chi connectivity index (χ2n) is 4.69. The predicted octanol–water partition coefficient (Wildman–Crippen LogP) is 2.61. The van der Waals surface area contributed by atoms with Gasteiger partial charge in [0.15, 0.2) is 17.3 Å². The molecule has 2 rings (SSSR count). The van der Waals surface area contributed by atoms with Gasteiger partial charge in [-0.05, 0) is 38.5 Å². The monoisotopic (exact) mass is 238 g/mol. The first-order valence-corrected chi connectivity index (χ1v) is 5.65. The lowest BCUT2D eigenvalue weighted by molar-refractivity contribution is -0.145. The van der Waals surface area contributed by atoms with Gasteiger partial charge in [0.05, 0.1) is 13.2 Å². The third kappa shape index (κ3) is 2.37. The van der Waals surface area contributed by atoms with Gasteiger partial charge in [0.2, 0.25) is 0 Å². The number of phenols is 1. The normalized spacial score (nSPS) is 27.1. The zero-order valence-electron chi connectivity index (χ0n) is 10.6. The highest BCUT2D eigenvalue weighted by Gasteiger charge is 2.39. The van der Waals surface area contributed by atoms with Gasteiger partial charge < -0.3 is 19.3 Å². The van der Waals surface area contributed by atoms with E-state index in [9.17, 15) is 5.11 Å². The molecule has 1 N–H and O–H groups in total. The minimum atomic E-state index is -0.574. The van der Waals surface area contributed by atoms with E-state index in [0.717, 1.165) is 5.56 Å². The molecule has 1 aromatic carbocycles. The van der Waals surface area contributed by atoms with Crippen LogP contribution in [0, 0.1) is 0 Å². The van der Waals surface area contributed by atoms with Crippen molar-refractivity contribution in [1.82, 2.24) is 0 Å². The predicted molar refractivity (Wildman–Crippen MR) is 63.1 cm³/mol. The van der Waals surface area contributed by atoms with Gasteiger partial charge in [-0.2, -0.15) is 0 Å². The van der Waals surface area contributed by atoms with Gasteiger partial charge in [-0.25, -0.2) is 0 Å². The zero-order valence-corrected chi connectivity index (χ0v) is 10.6. The molecule has 4 heteroatoms. The topological polar surface area (TPSA) is 47.9 Å². The molecule has 4 nitrogen and oxygen atoms in total. The van der Waals surface area contributed by atoms with Crippen molar-refractivity contribution >= 4 is 0 Å². The Kier molecular flexibility index (Phi) is 3.02. The summed E-state index contributed by atoms with van der Waals surface area (Å²) < 4.78 is 16.6. The lowest BCUT2D eigenvalue weighted by Crippen LogP contribution is -2.20. The molecule has 1 aliphatic heterocycles. The summed E-state index contributed by atoms with van der Waals surface area (Å²) in [6.07, 6.45) is -0.168. The molecule has 0 aliphatic carbocycles. The van der Waals surface area contributed by atoms with E-state index in [0.29, 0.717) is 5.75 Å². The number of benzene rings is 1. The molecule has 1 saturated heterocycles. The van der Waals surface area contributed by atoms with Crippen LogP contribution < -0.4 is 4.74 Å². The number of phenolic OH excluding ortho intramolecular Hbond substituents is 1. The van der Waals surface area contributed by atoms with Gasteiger partial charge >= 0.3 is 0 Å². The van der Waals surface area contributed by atoms with E-state index in [1.807, 2.05) is 26.8 Å². The molecular weight excluding hydrogens is 220 g/mol. The average molecular weight is 238 g/mol. The molecule has 1 aliphatic rings. The maximum Gasteiger partial charge on any atom is 0.164 e. The summed E-state index contributed by atoms with van der Waals surface area (Å²) >= 11 is 0. The number of rotatable bonds is 2. The van der Waals surface area contributed by atoms with Crippen LogP contribution in [0.2, 0.25) is 0 Å². The molecule has 1 heterocycles. The van der Waals surface area contributed by atoms with Gasteiger partial charge in [-0.1, -0.05) is 6.07 Å². The second kappa shape index (κ2) is 4.20. The summed E-state index contributed by atoms with van der Waals surface area (Å²) in [6.45, 7) is 5.75. The van der Waals surface area contributed by atoms with E-state index in [1.54, 1.807) is 12.1 Å². The first-order valence-electron chi connectivity index (χ1n) is 5.65. The first-order chi connectivity index (χ1) is 7.93. The lowest BCUT2D eigenvalue weighted by atomic mass is 10.1. The standard InChI is InChI=1S/C13H18O4/c1-8-12(17-13(2,3)16-8)9-5-6-10(14)11(7-9)15-4/h5-8,12,14H,1-4H3/t8-,12-/m0/s1. The van der Waals surface area contributed by atoms with Crippen molar-refractivity contribution in [2.24, 2.45) is 0 Å². The fraction of sp³-hybridized carbons (Fsp3) is 0.538. The van der Waals surface area contributed by atoms with Crippen LogP contribution in [0.5, 0.6) is 11.5 Å². The Hall–Kier alpha value is -1.26. The highest BCUT2D eigenvalue weighted by Crippen LogP contribution is 2.40. The Morgan fingerprint density at radius 3 is 2.53 bits per heavy atom. The average Bonchev–Trinajstić information content (AvgIpc) is 2.53. The van der Waals surface area contributed by atoms with E-state index in [4.69, 9.17) is 14.2 Å². The van der Waals surface area contributed by atoms with Gasteiger partial charge in [-0.3, -0.25) is 0 Å². The Morgan fingerprint density at radius 1 is 1.29 bits per heavy atom. The number of aromatic hydroxyl groups is 1. The quantitative estimate of drug-likeness (QED) is 0.860. The van der Waals surface area contributed by atoms with E-state index in [1.165, 1.54) is 7.11 Å². The highest BCUT2D eigenvalue weighted by molar-refractivity contribution is 5.42. The zero-order chi connectivity index (χ0) is 12.6.